The van der Waals surface area contributed by atoms with Gasteiger partial charge in [-0.15, -0.1) is 0 Å². The maximum atomic E-state index is 13.1. The Hall–Kier alpha value is -2.27. The zero-order valence-electron chi connectivity index (χ0n) is 10.5. The highest BCUT2D eigenvalue weighted by Crippen LogP contribution is 2.19. The molecule has 0 spiro atoms. The van der Waals surface area contributed by atoms with Crippen molar-refractivity contribution in [2.24, 2.45) is 5.73 Å². The molecule has 0 saturated heterocycles. The molecular formula is C15H13FN2OS. The van der Waals surface area contributed by atoms with Crippen molar-refractivity contribution < 1.29 is 9.18 Å². The maximum absolute atomic E-state index is 13.1. The molecule has 0 radical (unpaired) electrons. The molecule has 5 heteroatoms. The molecule has 2 rings (SSSR count). The van der Waals surface area contributed by atoms with Crippen LogP contribution in [0.1, 0.15) is 11.5 Å². The minimum Gasteiger partial charge on any atom is -0.392 e. The number of nitrogens with one attached hydrogen (secondary N) is 1. The molecule has 0 aromatic heterocycles. The molecular weight excluding hydrogens is 275 g/mol. The first-order valence-corrected chi connectivity index (χ1v) is 6.39. The fourth-order valence-corrected chi connectivity index (χ4v) is 2.11. The largest absolute Gasteiger partial charge is 0.392 e. The highest BCUT2D eigenvalue weighted by Gasteiger charge is 2.23. The van der Waals surface area contributed by atoms with E-state index in [1.165, 1.54) is 18.2 Å². The number of amides is 1. The normalized spacial score (nSPS) is 11.7. The molecule has 3 nitrogen and oxygen atoms in total. The topological polar surface area (TPSA) is 55.1 Å². The summed E-state index contributed by atoms with van der Waals surface area (Å²) in [4.78, 5) is 12.3. The Labute approximate surface area is 121 Å². The van der Waals surface area contributed by atoms with E-state index >= 15 is 0 Å². The molecule has 1 unspecified atom stereocenters. The smallest absolute Gasteiger partial charge is 0.238 e. The molecule has 0 bridgehead atoms. The third-order valence-corrected chi connectivity index (χ3v) is 3.01. The van der Waals surface area contributed by atoms with Gasteiger partial charge in [0.25, 0.3) is 0 Å². The zero-order chi connectivity index (χ0) is 14.5. The number of hydrogen-bond acceptors (Lipinski definition) is 2. The Kier molecular flexibility index (Phi) is 4.42. The van der Waals surface area contributed by atoms with Crippen LogP contribution in [0.4, 0.5) is 10.1 Å². The van der Waals surface area contributed by atoms with Crippen LogP contribution in [0.15, 0.2) is 54.6 Å². The molecule has 0 aliphatic carbocycles. The van der Waals surface area contributed by atoms with E-state index in [0.29, 0.717) is 11.3 Å². The number of carbonyl (C=O) groups is 1. The van der Waals surface area contributed by atoms with Gasteiger partial charge in [-0.25, -0.2) is 4.39 Å². The van der Waals surface area contributed by atoms with E-state index in [-0.39, 0.29) is 10.9 Å². The predicted octanol–water partition coefficient (Wildman–Crippen LogP) is 2.83. The second-order valence-electron chi connectivity index (χ2n) is 4.25. The third-order valence-electron chi connectivity index (χ3n) is 2.77. The van der Waals surface area contributed by atoms with Gasteiger partial charge in [-0.2, -0.15) is 0 Å². The fraction of sp³-hybridized carbons (Fsp3) is 0.0667. The van der Waals surface area contributed by atoms with Crippen molar-refractivity contribution in [2.75, 3.05) is 5.32 Å². The molecule has 0 fully saturated rings. The van der Waals surface area contributed by atoms with Gasteiger partial charge in [0, 0.05) is 5.69 Å². The van der Waals surface area contributed by atoms with Gasteiger partial charge < -0.3 is 11.1 Å². The lowest BCUT2D eigenvalue weighted by Crippen LogP contribution is -2.31. The average Bonchev–Trinajstić information content (AvgIpc) is 2.39. The van der Waals surface area contributed by atoms with Gasteiger partial charge in [-0.1, -0.05) is 48.6 Å². The van der Waals surface area contributed by atoms with Crippen molar-refractivity contribution in [3.05, 3.63) is 66.0 Å². The number of carbonyl (C=O) groups excluding carboxylic acids is 1. The highest BCUT2D eigenvalue weighted by molar-refractivity contribution is 7.80. The second kappa shape index (κ2) is 6.25. The minimum absolute atomic E-state index is 0.0742. The summed E-state index contributed by atoms with van der Waals surface area (Å²) in [6, 6.07) is 14.6. The summed E-state index contributed by atoms with van der Waals surface area (Å²) in [5, 5.41) is 2.62. The van der Waals surface area contributed by atoms with Gasteiger partial charge >= 0.3 is 0 Å². The van der Waals surface area contributed by atoms with Crippen LogP contribution >= 0.6 is 12.2 Å². The molecule has 0 saturated carbocycles. The quantitative estimate of drug-likeness (QED) is 0.851. The summed E-state index contributed by atoms with van der Waals surface area (Å²) in [5.41, 5.74) is 6.72. The van der Waals surface area contributed by atoms with Crippen molar-refractivity contribution in [3.63, 3.8) is 0 Å². The van der Waals surface area contributed by atoms with Crippen molar-refractivity contribution in [1.82, 2.24) is 0 Å². The number of benzene rings is 2. The van der Waals surface area contributed by atoms with Crippen LogP contribution in [-0.2, 0) is 4.79 Å². The Morgan fingerprint density at radius 3 is 2.45 bits per heavy atom. The standard InChI is InChI=1S/C15H13FN2OS/c16-11-7-4-8-12(9-11)18-15(19)13(14(17)20)10-5-2-1-3-6-10/h1-9,13H,(H2,17,20)(H,18,19). The number of rotatable bonds is 4. The van der Waals surface area contributed by atoms with Crippen LogP contribution in [0, 0.1) is 5.82 Å². The average molecular weight is 288 g/mol. The highest BCUT2D eigenvalue weighted by atomic mass is 32.1. The SMILES string of the molecule is NC(=S)C(C(=O)Nc1cccc(F)c1)c1ccccc1. The molecule has 1 atom stereocenters. The summed E-state index contributed by atoms with van der Waals surface area (Å²) in [6.45, 7) is 0. The first-order chi connectivity index (χ1) is 9.58. The molecule has 2 aromatic rings. The van der Waals surface area contributed by atoms with E-state index in [0.717, 1.165) is 0 Å². The lowest BCUT2D eigenvalue weighted by atomic mass is 9.98. The summed E-state index contributed by atoms with van der Waals surface area (Å²) in [6.07, 6.45) is 0. The molecule has 0 aliphatic heterocycles. The number of anilines is 1. The van der Waals surface area contributed by atoms with Crippen LogP contribution in [0.25, 0.3) is 0 Å². The summed E-state index contributed by atoms with van der Waals surface area (Å²) >= 11 is 4.96. The van der Waals surface area contributed by atoms with Crippen molar-refractivity contribution in [1.29, 1.82) is 0 Å². The van der Waals surface area contributed by atoms with Crippen molar-refractivity contribution >= 4 is 28.8 Å². The molecule has 0 heterocycles. The van der Waals surface area contributed by atoms with Crippen LogP contribution < -0.4 is 11.1 Å². The summed E-state index contributed by atoms with van der Waals surface area (Å²) < 4.78 is 13.1. The predicted molar refractivity (Wildman–Crippen MR) is 81.0 cm³/mol. The molecule has 20 heavy (non-hydrogen) atoms. The van der Waals surface area contributed by atoms with E-state index < -0.39 is 11.7 Å². The Balaban J connectivity index is 2.23. The Morgan fingerprint density at radius 2 is 1.85 bits per heavy atom. The number of halogens is 1. The first-order valence-electron chi connectivity index (χ1n) is 5.98. The van der Waals surface area contributed by atoms with Gasteiger partial charge in [-0.05, 0) is 23.8 Å². The molecule has 3 N–H and O–H groups in total. The van der Waals surface area contributed by atoms with Gasteiger partial charge in [0.2, 0.25) is 5.91 Å². The number of hydrogen-bond donors (Lipinski definition) is 2. The monoisotopic (exact) mass is 288 g/mol. The van der Waals surface area contributed by atoms with Crippen LogP contribution in [0.2, 0.25) is 0 Å². The van der Waals surface area contributed by atoms with Crippen LogP contribution in [-0.4, -0.2) is 10.9 Å². The van der Waals surface area contributed by atoms with Gasteiger partial charge in [0.1, 0.15) is 11.7 Å². The second-order valence-corrected chi connectivity index (χ2v) is 4.72. The number of thiocarbonyl (C=S) groups is 1. The van der Waals surface area contributed by atoms with Crippen LogP contribution in [0.5, 0.6) is 0 Å². The van der Waals surface area contributed by atoms with E-state index in [9.17, 15) is 9.18 Å². The Bertz CT molecular complexity index is 631. The maximum Gasteiger partial charge on any atom is 0.238 e. The number of nitrogens with two attached hydrogens (primary N) is 1. The lowest BCUT2D eigenvalue weighted by molar-refractivity contribution is -0.116. The fourth-order valence-electron chi connectivity index (χ4n) is 1.87. The van der Waals surface area contributed by atoms with E-state index in [4.69, 9.17) is 18.0 Å². The lowest BCUT2D eigenvalue weighted by Gasteiger charge is -2.16. The van der Waals surface area contributed by atoms with Gasteiger partial charge in [0.15, 0.2) is 0 Å². The van der Waals surface area contributed by atoms with Crippen LogP contribution in [0.3, 0.4) is 0 Å². The first kappa shape index (κ1) is 14.1. The molecule has 2 aromatic carbocycles. The summed E-state index contributed by atoms with van der Waals surface area (Å²) in [7, 11) is 0. The zero-order valence-corrected chi connectivity index (χ0v) is 11.4. The van der Waals surface area contributed by atoms with E-state index in [1.54, 1.807) is 30.3 Å². The van der Waals surface area contributed by atoms with Gasteiger partial charge in [-0.3, -0.25) is 4.79 Å². The van der Waals surface area contributed by atoms with Crippen molar-refractivity contribution in [2.45, 2.75) is 5.92 Å². The van der Waals surface area contributed by atoms with E-state index in [1.807, 2.05) is 6.07 Å². The molecule has 0 aliphatic rings. The summed E-state index contributed by atoms with van der Waals surface area (Å²) in [5.74, 6) is -1.54. The molecule has 102 valence electrons. The van der Waals surface area contributed by atoms with E-state index in [2.05, 4.69) is 5.32 Å². The Morgan fingerprint density at radius 1 is 1.15 bits per heavy atom. The molecule has 1 amide bonds. The third kappa shape index (κ3) is 3.39. The van der Waals surface area contributed by atoms with Crippen molar-refractivity contribution in [3.8, 4) is 0 Å². The minimum atomic E-state index is -0.741. The van der Waals surface area contributed by atoms with Gasteiger partial charge in [0.05, 0.1) is 4.99 Å².